The molecule has 2 nitrogen and oxygen atoms in total. The van der Waals surface area contributed by atoms with Crippen LogP contribution in [0.15, 0.2) is 40.9 Å². The average Bonchev–Trinajstić information content (AvgIpc) is 2.30. The van der Waals surface area contributed by atoms with E-state index >= 15 is 0 Å². The summed E-state index contributed by atoms with van der Waals surface area (Å²) in [5, 5.41) is 0. The first kappa shape index (κ1) is 12.8. The van der Waals surface area contributed by atoms with Crippen molar-refractivity contribution in [3.8, 4) is 0 Å². The van der Waals surface area contributed by atoms with E-state index in [2.05, 4.69) is 15.9 Å². The molecule has 0 bridgehead atoms. The molecule has 0 heterocycles. The molecule has 2 aromatic rings. The molecule has 92 valence electrons. The number of halogens is 1. The zero-order chi connectivity index (χ0) is 13.3. The molecule has 0 saturated carbocycles. The van der Waals surface area contributed by atoms with Crippen molar-refractivity contribution in [2.24, 2.45) is 0 Å². The third-order valence-electron chi connectivity index (χ3n) is 2.82. The number of rotatable bonds is 2. The first-order chi connectivity index (χ1) is 8.47. The van der Waals surface area contributed by atoms with Gasteiger partial charge in [0.15, 0.2) is 5.78 Å². The number of anilines is 1. The topological polar surface area (TPSA) is 43.1 Å². The van der Waals surface area contributed by atoms with E-state index in [0.717, 1.165) is 21.2 Å². The monoisotopic (exact) mass is 303 g/mol. The Morgan fingerprint density at radius 1 is 1.11 bits per heavy atom. The quantitative estimate of drug-likeness (QED) is 0.676. The van der Waals surface area contributed by atoms with Crippen LogP contribution < -0.4 is 5.73 Å². The van der Waals surface area contributed by atoms with E-state index < -0.39 is 0 Å². The zero-order valence-electron chi connectivity index (χ0n) is 10.3. The fourth-order valence-corrected chi connectivity index (χ4v) is 2.39. The van der Waals surface area contributed by atoms with Gasteiger partial charge in [-0.2, -0.15) is 0 Å². The van der Waals surface area contributed by atoms with E-state index in [-0.39, 0.29) is 5.78 Å². The number of benzene rings is 2. The minimum absolute atomic E-state index is 0.00389. The Labute approximate surface area is 115 Å². The molecule has 0 aliphatic rings. The van der Waals surface area contributed by atoms with Gasteiger partial charge in [0.25, 0.3) is 0 Å². The molecule has 0 spiro atoms. The standard InChI is InChI=1S/C15H14BrNO/c1-9-3-4-10(2)14(5-9)15(18)11-6-12(16)8-13(17)7-11/h3-8H,17H2,1-2H3. The maximum atomic E-state index is 12.4. The second-order valence-electron chi connectivity index (χ2n) is 4.42. The molecular formula is C15H14BrNO. The van der Waals surface area contributed by atoms with Gasteiger partial charge in [-0.05, 0) is 43.7 Å². The highest BCUT2D eigenvalue weighted by atomic mass is 79.9. The van der Waals surface area contributed by atoms with E-state index in [9.17, 15) is 4.79 Å². The summed E-state index contributed by atoms with van der Waals surface area (Å²) in [6.07, 6.45) is 0. The Balaban J connectivity index is 2.51. The van der Waals surface area contributed by atoms with Crippen LogP contribution in [0.1, 0.15) is 27.0 Å². The normalized spacial score (nSPS) is 10.4. The summed E-state index contributed by atoms with van der Waals surface area (Å²) in [7, 11) is 0. The number of nitrogens with two attached hydrogens (primary N) is 1. The minimum atomic E-state index is 0.00389. The third kappa shape index (κ3) is 2.62. The Bertz CT molecular complexity index is 600. The van der Waals surface area contributed by atoms with Gasteiger partial charge in [0.05, 0.1) is 0 Å². The van der Waals surface area contributed by atoms with Gasteiger partial charge in [-0.25, -0.2) is 0 Å². The summed E-state index contributed by atoms with van der Waals surface area (Å²) in [5.74, 6) is 0.00389. The van der Waals surface area contributed by atoms with Crippen LogP contribution in [0, 0.1) is 13.8 Å². The number of carbonyl (C=O) groups excluding carboxylic acids is 1. The van der Waals surface area contributed by atoms with Gasteiger partial charge in [-0.15, -0.1) is 0 Å². The summed E-state index contributed by atoms with van der Waals surface area (Å²) in [6, 6.07) is 11.1. The first-order valence-electron chi connectivity index (χ1n) is 5.65. The van der Waals surface area contributed by atoms with Crippen LogP contribution in [0.3, 0.4) is 0 Å². The molecule has 0 unspecified atom stereocenters. The average molecular weight is 304 g/mol. The fraction of sp³-hybridized carbons (Fsp3) is 0.133. The van der Waals surface area contributed by atoms with Crippen LogP contribution in [0.2, 0.25) is 0 Å². The highest BCUT2D eigenvalue weighted by Gasteiger charge is 2.13. The molecule has 0 aliphatic carbocycles. The van der Waals surface area contributed by atoms with Crippen LogP contribution >= 0.6 is 15.9 Å². The lowest BCUT2D eigenvalue weighted by Gasteiger charge is -2.07. The summed E-state index contributed by atoms with van der Waals surface area (Å²) >= 11 is 3.35. The molecular weight excluding hydrogens is 290 g/mol. The Morgan fingerprint density at radius 3 is 2.50 bits per heavy atom. The maximum absolute atomic E-state index is 12.4. The minimum Gasteiger partial charge on any atom is -0.399 e. The molecule has 0 saturated heterocycles. The molecule has 2 N–H and O–H groups in total. The van der Waals surface area contributed by atoms with Gasteiger partial charge in [0.1, 0.15) is 0 Å². The third-order valence-corrected chi connectivity index (χ3v) is 3.28. The van der Waals surface area contributed by atoms with Crippen molar-refractivity contribution in [2.75, 3.05) is 5.73 Å². The van der Waals surface area contributed by atoms with Crippen molar-refractivity contribution in [1.82, 2.24) is 0 Å². The zero-order valence-corrected chi connectivity index (χ0v) is 11.9. The van der Waals surface area contributed by atoms with Gasteiger partial charge in [-0.1, -0.05) is 33.6 Å². The maximum Gasteiger partial charge on any atom is 0.193 e. The summed E-state index contributed by atoms with van der Waals surface area (Å²) in [4.78, 5) is 12.4. The van der Waals surface area contributed by atoms with Gasteiger partial charge in [0.2, 0.25) is 0 Å². The lowest BCUT2D eigenvalue weighted by Crippen LogP contribution is -2.05. The van der Waals surface area contributed by atoms with Crippen molar-refractivity contribution < 1.29 is 4.79 Å². The smallest absolute Gasteiger partial charge is 0.193 e. The van der Waals surface area contributed by atoms with Crippen molar-refractivity contribution in [3.05, 3.63) is 63.1 Å². The SMILES string of the molecule is Cc1ccc(C)c(C(=O)c2cc(N)cc(Br)c2)c1. The van der Waals surface area contributed by atoms with Gasteiger partial charge >= 0.3 is 0 Å². The Hall–Kier alpha value is -1.61. The summed E-state index contributed by atoms with van der Waals surface area (Å²) < 4.78 is 0.816. The Kier molecular flexibility index (Phi) is 3.53. The molecule has 3 heteroatoms. The molecule has 0 fully saturated rings. The molecule has 0 radical (unpaired) electrons. The Morgan fingerprint density at radius 2 is 1.83 bits per heavy atom. The molecule has 0 amide bonds. The molecule has 2 aromatic carbocycles. The van der Waals surface area contributed by atoms with Crippen LogP contribution in [-0.2, 0) is 0 Å². The molecule has 18 heavy (non-hydrogen) atoms. The molecule has 0 atom stereocenters. The highest BCUT2D eigenvalue weighted by Crippen LogP contribution is 2.21. The van der Waals surface area contributed by atoms with Gasteiger partial charge < -0.3 is 5.73 Å². The molecule has 2 rings (SSSR count). The second kappa shape index (κ2) is 4.94. The lowest BCUT2D eigenvalue weighted by molar-refractivity contribution is 0.103. The highest BCUT2D eigenvalue weighted by molar-refractivity contribution is 9.10. The number of ketones is 1. The summed E-state index contributed by atoms with van der Waals surface area (Å²) in [6.45, 7) is 3.92. The van der Waals surface area contributed by atoms with E-state index in [4.69, 9.17) is 5.73 Å². The number of carbonyl (C=O) groups is 1. The van der Waals surface area contributed by atoms with Crippen molar-refractivity contribution in [3.63, 3.8) is 0 Å². The van der Waals surface area contributed by atoms with E-state index in [0.29, 0.717) is 11.3 Å². The number of aryl methyl sites for hydroxylation is 2. The largest absolute Gasteiger partial charge is 0.399 e. The van der Waals surface area contributed by atoms with Crippen LogP contribution in [0.25, 0.3) is 0 Å². The predicted octanol–water partition coefficient (Wildman–Crippen LogP) is 3.88. The van der Waals surface area contributed by atoms with Crippen LogP contribution in [-0.4, -0.2) is 5.78 Å². The molecule has 0 aromatic heterocycles. The molecule has 0 aliphatic heterocycles. The number of nitrogen functional groups attached to an aromatic ring is 1. The van der Waals surface area contributed by atoms with E-state index in [1.54, 1.807) is 18.2 Å². The van der Waals surface area contributed by atoms with Gasteiger partial charge in [0, 0.05) is 21.3 Å². The van der Waals surface area contributed by atoms with Crippen molar-refractivity contribution in [1.29, 1.82) is 0 Å². The van der Waals surface area contributed by atoms with Crippen LogP contribution in [0.5, 0.6) is 0 Å². The van der Waals surface area contributed by atoms with Crippen LogP contribution in [0.4, 0.5) is 5.69 Å². The van der Waals surface area contributed by atoms with Crippen molar-refractivity contribution in [2.45, 2.75) is 13.8 Å². The lowest BCUT2D eigenvalue weighted by atomic mass is 9.97. The first-order valence-corrected chi connectivity index (χ1v) is 6.44. The van der Waals surface area contributed by atoms with E-state index in [1.165, 1.54) is 0 Å². The van der Waals surface area contributed by atoms with Gasteiger partial charge in [-0.3, -0.25) is 4.79 Å². The number of hydrogen-bond acceptors (Lipinski definition) is 2. The van der Waals surface area contributed by atoms with E-state index in [1.807, 2.05) is 32.0 Å². The number of hydrogen-bond donors (Lipinski definition) is 1. The second-order valence-corrected chi connectivity index (χ2v) is 5.34. The van der Waals surface area contributed by atoms with Crippen molar-refractivity contribution >= 4 is 27.4 Å². The summed E-state index contributed by atoms with van der Waals surface area (Å²) in [5.41, 5.74) is 9.73. The fourth-order valence-electron chi connectivity index (χ4n) is 1.88. The predicted molar refractivity (Wildman–Crippen MR) is 77.9 cm³/mol.